The monoisotopic (exact) mass is 210 g/mol. The van der Waals surface area contributed by atoms with Gasteiger partial charge in [0.25, 0.3) is 0 Å². The highest BCUT2D eigenvalue weighted by Gasteiger charge is 2.05. The highest BCUT2D eigenvalue weighted by Crippen LogP contribution is 2.08. The first kappa shape index (κ1) is 9.58. The first-order chi connectivity index (χ1) is 6.84. The molecule has 0 fully saturated rings. The van der Waals surface area contributed by atoms with Gasteiger partial charge in [0.1, 0.15) is 0 Å². The number of nitrogens with one attached hydrogen (secondary N) is 1. The minimum Gasteiger partial charge on any atom is -0.365 e. The maximum atomic E-state index is 4.31. The molecule has 0 spiro atoms. The van der Waals surface area contributed by atoms with E-state index in [-0.39, 0.29) is 0 Å². The van der Waals surface area contributed by atoms with Crippen LogP contribution in [0.1, 0.15) is 5.69 Å². The zero-order chi connectivity index (χ0) is 9.80. The topological polar surface area (TPSA) is 42.2 Å². The summed E-state index contributed by atoms with van der Waals surface area (Å²) in [6, 6.07) is 2.05. The van der Waals surface area contributed by atoms with E-state index in [0.717, 1.165) is 36.1 Å². The summed E-state index contributed by atoms with van der Waals surface area (Å²) in [7, 11) is 1.94. The molecule has 1 aliphatic rings. The van der Waals surface area contributed by atoms with Crippen LogP contribution in [0.2, 0.25) is 0 Å². The summed E-state index contributed by atoms with van der Waals surface area (Å²) in [5.74, 6) is 1.12. The van der Waals surface area contributed by atoms with Gasteiger partial charge in [-0.15, -0.1) is 0 Å². The Labute approximate surface area is 87.8 Å². The van der Waals surface area contributed by atoms with Gasteiger partial charge < -0.3 is 5.32 Å². The number of aliphatic imine (C=N–C) groups is 1. The van der Waals surface area contributed by atoms with Crippen molar-refractivity contribution in [1.82, 2.24) is 15.1 Å². The average Bonchev–Trinajstić information content (AvgIpc) is 2.77. The van der Waals surface area contributed by atoms with Gasteiger partial charge in [0.2, 0.25) is 0 Å². The highest BCUT2D eigenvalue weighted by molar-refractivity contribution is 8.14. The van der Waals surface area contributed by atoms with Crippen molar-refractivity contribution in [1.29, 1.82) is 0 Å². The van der Waals surface area contributed by atoms with Crippen LogP contribution in [0.5, 0.6) is 0 Å². The molecule has 1 aromatic heterocycles. The predicted molar refractivity (Wildman–Crippen MR) is 59.7 cm³/mol. The summed E-state index contributed by atoms with van der Waals surface area (Å²) < 4.78 is 1.83. The van der Waals surface area contributed by atoms with Crippen molar-refractivity contribution in [2.24, 2.45) is 12.0 Å². The summed E-state index contributed by atoms with van der Waals surface area (Å²) >= 11 is 1.80. The van der Waals surface area contributed by atoms with Crippen molar-refractivity contribution in [3.8, 4) is 0 Å². The summed E-state index contributed by atoms with van der Waals surface area (Å²) in [5.41, 5.74) is 1.13. The zero-order valence-electron chi connectivity index (χ0n) is 8.23. The number of aryl methyl sites for hydroxylation is 1. The van der Waals surface area contributed by atoms with Gasteiger partial charge >= 0.3 is 0 Å². The van der Waals surface area contributed by atoms with Crippen LogP contribution in [0, 0.1) is 0 Å². The molecule has 4 nitrogen and oxygen atoms in total. The second-order valence-electron chi connectivity index (χ2n) is 3.19. The Morgan fingerprint density at radius 2 is 2.57 bits per heavy atom. The van der Waals surface area contributed by atoms with E-state index in [1.54, 1.807) is 11.8 Å². The molecule has 0 aliphatic carbocycles. The maximum absolute atomic E-state index is 4.31. The van der Waals surface area contributed by atoms with Gasteiger partial charge in [-0.25, -0.2) is 0 Å². The van der Waals surface area contributed by atoms with Crippen molar-refractivity contribution < 1.29 is 0 Å². The Balaban J connectivity index is 1.72. The van der Waals surface area contributed by atoms with Crippen molar-refractivity contribution in [2.75, 3.05) is 18.8 Å². The molecular formula is C9H14N4S. The third-order valence-corrected chi connectivity index (χ3v) is 2.95. The molecule has 0 atom stereocenters. The SMILES string of the molecule is Cn1ccc(CCNC2=NCCS2)n1. The molecule has 0 unspecified atom stereocenters. The summed E-state index contributed by atoms with van der Waals surface area (Å²) in [6.07, 6.45) is 2.93. The third kappa shape index (κ3) is 2.51. The van der Waals surface area contributed by atoms with Gasteiger partial charge in [-0.05, 0) is 6.07 Å². The smallest absolute Gasteiger partial charge is 0.156 e. The summed E-state index contributed by atoms with van der Waals surface area (Å²) in [4.78, 5) is 4.31. The molecule has 0 amide bonds. The van der Waals surface area contributed by atoms with Gasteiger partial charge in [-0.3, -0.25) is 9.67 Å². The van der Waals surface area contributed by atoms with Crippen LogP contribution in [0.4, 0.5) is 0 Å². The van der Waals surface area contributed by atoms with Crippen molar-refractivity contribution in [2.45, 2.75) is 6.42 Å². The van der Waals surface area contributed by atoms with E-state index in [1.807, 2.05) is 24.0 Å². The van der Waals surface area contributed by atoms with Crippen molar-refractivity contribution in [3.63, 3.8) is 0 Å². The second-order valence-corrected chi connectivity index (χ2v) is 4.28. The van der Waals surface area contributed by atoms with Gasteiger partial charge in [-0.1, -0.05) is 11.8 Å². The molecular weight excluding hydrogens is 196 g/mol. The zero-order valence-corrected chi connectivity index (χ0v) is 9.05. The molecule has 0 radical (unpaired) electrons. The Morgan fingerprint density at radius 1 is 1.64 bits per heavy atom. The molecule has 5 heteroatoms. The maximum Gasteiger partial charge on any atom is 0.156 e. The molecule has 2 heterocycles. The lowest BCUT2D eigenvalue weighted by atomic mass is 10.3. The van der Waals surface area contributed by atoms with Crippen LogP contribution in [-0.4, -0.2) is 33.8 Å². The van der Waals surface area contributed by atoms with Crippen LogP contribution in [0.3, 0.4) is 0 Å². The van der Waals surface area contributed by atoms with E-state index in [2.05, 4.69) is 15.4 Å². The number of thioether (sulfide) groups is 1. The average molecular weight is 210 g/mol. The fourth-order valence-corrected chi connectivity index (χ4v) is 2.10. The Bertz CT molecular complexity index is 331. The Hall–Kier alpha value is -0.970. The minimum atomic E-state index is 0.919. The van der Waals surface area contributed by atoms with Gasteiger partial charge in [0.15, 0.2) is 5.17 Å². The van der Waals surface area contributed by atoms with E-state index in [9.17, 15) is 0 Å². The quantitative estimate of drug-likeness (QED) is 0.796. The number of rotatable bonds is 3. The Morgan fingerprint density at radius 3 is 3.21 bits per heavy atom. The number of aromatic nitrogens is 2. The number of hydrogen-bond donors (Lipinski definition) is 1. The minimum absolute atomic E-state index is 0.919. The summed E-state index contributed by atoms with van der Waals surface area (Å²) in [6.45, 7) is 1.87. The first-order valence-corrected chi connectivity index (χ1v) is 5.73. The predicted octanol–water partition coefficient (Wildman–Crippen LogP) is 0.655. The highest BCUT2D eigenvalue weighted by atomic mass is 32.2. The standard InChI is InChI=1S/C9H14N4S/c1-13-6-3-8(12-13)2-4-10-9-11-5-7-14-9/h3,6H,2,4-5,7H2,1H3,(H,10,11). The lowest BCUT2D eigenvalue weighted by Gasteiger charge is -2.02. The fourth-order valence-electron chi connectivity index (χ4n) is 1.34. The molecule has 0 saturated carbocycles. The van der Waals surface area contributed by atoms with E-state index in [1.165, 1.54) is 0 Å². The molecule has 0 bridgehead atoms. The normalized spacial score (nSPS) is 15.6. The molecule has 1 aliphatic heterocycles. The fraction of sp³-hybridized carbons (Fsp3) is 0.556. The van der Waals surface area contributed by atoms with Crippen molar-refractivity contribution in [3.05, 3.63) is 18.0 Å². The van der Waals surface area contributed by atoms with E-state index < -0.39 is 0 Å². The third-order valence-electron chi connectivity index (χ3n) is 2.01. The van der Waals surface area contributed by atoms with Crippen molar-refractivity contribution >= 4 is 16.9 Å². The van der Waals surface area contributed by atoms with Crippen LogP contribution < -0.4 is 5.32 Å². The van der Waals surface area contributed by atoms with Crippen LogP contribution >= 0.6 is 11.8 Å². The first-order valence-electron chi connectivity index (χ1n) is 4.74. The molecule has 0 aromatic carbocycles. The van der Waals surface area contributed by atoms with Gasteiger partial charge in [0, 0.05) is 32.0 Å². The number of nitrogens with zero attached hydrogens (tertiary/aromatic N) is 3. The van der Waals surface area contributed by atoms with E-state index in [0.29, 0.717) is 0 Å². The number of amidine groups is 1. The second kappa shape index (κ2) is 4.50. The van der Waals surface area contributed by atoms with Gasteiger partial charge in [0.05, 0.1) is 12.2 Å². The van der Waals surface area contributed by atoms with E-state index >= 15 is 0 Å². The molecule has 2 rings (SSSR count). The molecule has 14 heavy (non-hydrogen) atoms. The molecule has 1 N–H and O–H groups in total. The van der Waals surface area contributed by atoms with Crippen LogP contribution in [-0.2, 0) is 13.5 Å². The molecule has 1 aromatic rings. The summed E-state index contributed by atoms with van der Waals surface area (Å²) in [5, 5.41) is 8.69. The van der Waals surface area contributed by atoms with Crippen LogP contribution in [0.15, 0.2) is 17.3 Å². The van der Waals surface area contributed by atoms with E-state index in [4.69, 9.17) is 0 Å². The lowest BCUT2D eigenvalue weighted by molar-refractivity contribution is 0.731. The Kier molecular flexibility index (Phi) is 3.08. The van der Waals surface area contributed by atoms with Gasteiger partial charge in [-0.2, -0.15) is 5.10 Å². The molecule has 0 saturated heterocycles. The van der Waals surface area contributed by atoms with Crippen LogP contribution in [0.25, 0.3) is 0 Å². The lowest BCUT2D eigenvalue weighted by Crippen LogP contribution is -2.21. The largest absolute Gasteiger partial charge is 0.365 e. The number of hydrogen-bond acceptors (Lipinski definition) is 4. The molecule has 76 valence electrons.